The van der Waals surface area contributed by atoms with Crippen LogP contribution in [-0.2, 0) is 4.79 Å². The molecule has 2 aromatic rings. The Kier molecular flexibility index (Phi) is 5.22. The molecule has 8 nitrogen and oxygen atoms in total. The molecule has 1 aliphatic heterocycles. The van der Waals surface area contributed by atoms with Crippen LogP contribution < -0.4 is 0 Å². The van der Waals surface area contributed by atoms with Crippen molar-refractivity contribution in [3.05, 3.63) is 29.2 Å². The molecule has 0 unspecified atom stereocenters. The van der Waals surface area contributed by atoms with E-state index in [0.29, 0.717) is 37.4 Å². The van der Waals surface area contributed by atoms with Crippen molar-refractivity contribution in [3.8, 4) is 0 Å². The van der Waals surface area contributed by atoms with Crippen LogP contribution in [0.1, 0.15) is 28.2 Å². The minimum Gasteiger partial charge on any atom is -0.348 e. The average Bonchev–Trinajstić information content (AvgIpc) is 2.86. The first-order valence-corrected chi connectivity index (χ1v) is 8.90. The summed E-state index contributed by atoms with van der Waals surface area (Å²) in [5.41, 5.74) is 2.97. The smallest absolute Gasteiger partial charge is 0.259 e. The van der Waals surface area contributed by atoms with E-state index in [0.717, 1.165) is 24.4 Å². The zero-order valence-corrected chi connectivity index (χ0v) is 15.9. The lowest BCUT2D eigenvalue weighted by molar-refractivity contribution is -0.129. The van der Waals surface area contributed by atoms with E-state index in [4.69, 9.17) is 0 Å². The van der Waals surface area contributed by atoms with Crippen LogP contribution in [0.3, 0.4) is 0 Å². The van der Waals surface area contributed by atoms with Gasteiger partial charge in [-0.05, 0) is 26.3 Å². The van der Waals surface area contributed by atoms with Crippen molar-refractivity contribution >= 4 is 17.5 Å². The summed E-state index contributed by atoms with van der Waals surface area (Å²) in [7, 11) is 3.52. The Morgan fingerprint density at radius 1 is 1.15 bits per heavy atom. The van der Waals surface area contributed by atoms with Gasteiger partial charge < -0.3 is 9.80 Å². The van der Waals surface area contributed by atoms with Crippen LogP contribution in [0.15, 0.2) is 12.3 Å². The Labute approximate surface area is 153 Å². The van der Waals surface area contributed by atoms with Crippen LogP contribution in [0.4, 0.5) is 0 Å². The molecule has 0 aromatic carbocycles. The second-order valence-electron chi connectivity index (χ2n) is 7.04. The summed E-state index contributed by atoms with van der Waals surface area (Å²) in [6.45, 7) is 7.04. The van der Waals surface area contributed by atoms with Gasteiger partial charge in [0.2, 0.25) is 5.91 Å². The van der Waals surface area contributed by atoms with Crippen molar-refractivity contribution in [2.24, 2.45) is 0 Å². The third kappa shape index (κ3) is 3.70. The first-order valence-electron chi connectivity index (χ1n) is 8.90. The number of aromatic nitrogens is 3. The molecular weight excluding hydrogens is 332 g/mol. The first-order chi connectivity index (χ1) is 12.4. The van der Waals surface area contributed by atoms with Gasteiger partial charge in [-0.15, -0.1) is 0 Å². The summed E-state index contributed by atoms with van der Waals surface area (Å²) in [4.78, 5) is 35.0. The number of carbonyl (C=O) groups excluding carboxylic acids is 2. The third-order valence-corrected chi connectivity index (χ3v) is 4.74. The second-order valence-corrected chi connectivity index (χ2v) is 7.04. The average molecular weight is 358 g/mol. The Morgan fingerprint density at radius 3 is 2.65 bits per heavy atom. The molecule has 1 saturated heterocycles. The van der Waals surface area contributed by atoms with E-state index in [1.165, 1.54) is 0 Å². The van der Waals surface area contributed by atoms with E-state index in [-0.39, 0.29) is 11.8 Å². The highest BCUT2D eigenvalue weighted by Gasteiger charge is 2.24. The topological polar surface area (TPSA) is 74.1 Å². The second kappa shape index (κ2) is 7.41. The molecule has 1 aliphatic rings. The van der Waals surface area contributed by atoms with Gasteiger partial charge in [0.05, 0.1) is 12.7 Å². The number of fused-ring (bicyclic) bond motifs is 1. The molecule has 3 heterocycles. The molecule has 0 spiro atoms. The number of aryl methyl sites for hydroxylation is 2. The van der Waals surface area contributed by atoms with E-state index < -0.39 is 0 Å². The highest BCUT2D eigenvalue weighted by atomic mass is 16.2. The SMILES string of the molecule is Cc1cc(C)n2ncc(C(=O)N3CCCN(CC(=O)N(C)C)CC3)c2n1. The monoisotopic (exact) mass is 358 g/mol. The molecule has 1 fully saturated rings. The van der Waals surface area contributed by atoms with Gasteiger partial charge in [0.15, 0.2) is 5.65 Å². The van der Waals surface area contributed by atoms with Crippen molar-refractivity contribution in [3.63, 3.8) is 0 Å². The predicted molar refractivity (Wildman–Crippen MR) is 98.1 cm³/mol. The molecular formula is C18H26N6O2. The number of likely N-dealkylation sites (N-methyl/N-ethyl adjacent to an activating group) is 1. The molecule has 0 N–H and O–H groups in total. The fourth-order valence-electron chi connectivity index (χ4n) is 3.26. The zero-order valence-electron chi connectivity index (χ0n) is 15.9. The van der Waals surface area contributed by atoms with E-state index in [2.05, 4.69) is 15.0 Å². The molecule has 0 aliphatic carbocycles. The van der Waals surface area contributed by atoms with Crippen molar-refractivity contribution in [1.29, 1.82) is 0 Å². The van der Waals surface area contributed by atoms with Gasteiger partial charge in [0.25, 0.3) is 5.91 Å². The highest BCUT2D eigenvalue weighted by Crippen LogP contribution is 2.15. The normalized spacial score (nSPS) is 15.9. The van der Waals surface area contributed by atoms with Gasteiger partial charge in [-0.25, -0.2) is 9.50 Å². The minimum atomic E-state index is -0.0433. The van der Waals surface area contributed by atoms with E-state index >= 15 is 0 Å². The number of hydrogen-bond acceptors (Lipinski definition) is 5. The third-order valence-electron chi connectivity index (χ3n) is 4.74. The van der Waals surface area contributed by atoms with Crippen LogP contribution >= 0.6 is 0 Å². The minimum absolute atomic E-state index is 0.0433. The zero-order chi connectivity index (χ0) is 18.8. The lowest BCUT2D eigenvalue weighted by Gasteiger charge is -2.22. The van der Waals surface area contributed by atoms with Crippen LogP contribution in [0.5, 0.6) is 0 Å². The predicted octanol–water partition coefficient (Wildman–Crippen LogP) is 0.582. The molecule has 0 saturated carbocycles. The summed E-state index contributed by atoms with van der Waals surface area (Å²) in [5.74, 6) is 0.0424. The summed E-state index contributed by atoms with van der Waals surface area (Å²) >= 11 is 0. The molecule has 140 valence electrons. The maximum absolute atomic E-state index is 13.0. The van der Waals surface area contributed by atoms with E-state index in [1.54, 1.807) is 29.7 Å². The van der Waals surface area contributed by atoms with Crippen LogP contribution in [0, 0.1) is 13.8 Å². The fraction of sp³-hybridized carbons (Fsp3) is 0.556. The number of nitrogens with zero attached hydrogens (tertiary/aromatic N) is 6. The van der Waals surface area contributed by atoms with Gasteiger partial charge >= 0.3 is 0 Å². The number of carbonyl (C=O) groups is 2. The van der Waals surface area contributed by atoms with Gasteiger partial charge in [-0.1, -0.05) is 0 Å². The van der Waals surface area contributed by atoms with Crippen molar-refractivity contribution in [1.82, 2.24) is 29.3 Å². The lowest BCUT2D eigenvalue weighted by atomic mass is 10.2. The summed E-state index contributed by atoms with van der Waals surface area (Å²) in [6, 6.07) is 1.94. The molecule has 0 bridgehead atoms. The Bertz CT molecular complexity index is 828. The Balaban J connectivity index is 1.74. The number of hydrogen-bond donors (Lipinski definition) is 0. The molecule has 26 heavy (non-hydrogen) atoms. The number of rotatable bonds is 3. The fourth-order valence-corrected chi connectivity index (χ4v) is 3.26. The standard InChI is InChI=1S/C18H26N6O2/c1-13-10-14(2)24-17(20-13)15(11-19-24)18(26)23-7-5-6-22(8-9-23)12-16(25)21(3)4/h10-11H,5-9,12H2,1-4H3. The Morgan fingerprint density at radius 2 is 1.92 bits per heavy atom. The maximum atomic E-state index is 13.0. The molecule has 8 heteroatoms. The van der Waals surface area contributed by atoms with Gasteiger partial charge in [0, 0.05) is 51.7 Å². The van der Waals surface area contributed by atoms with Crippen LogP contribution in [0.25, 0.3) is 5.65 Å². The molecule has 2 amide bonds. The van der Waals surface area contributed by atoms with E-state index in [9.17, 15) is 9.59 Å². The van der Waals surface area contributed by atoms with Crippen LogP contribution in [0.2, 0.25) is 0 Å². The van der Waals surface area contributed by atoms with Crippen molar-refractivity contribution in [2.75, 3.05) is 46.8 Å². The highest BCUT2D eigenvalue weighted by molar-refractivity contribution is 5.99. The van der Waals surface area contributed by atoms with E-state index in [1.807, 2.05) is 24.8 Å². The summed E-state index contributed by atoms with van der Waals surface area (Å²) < 4.78 is 1.71. The van der Waals surface area contributed by atoms with Crippen molar-refractivity contribution < 1.29 is 9.59 Å². The summed E-state index contributed by atoms with van der Waals surface area (Å²) in [6.07, 6.45) is 2.45. The van der Waals surface area contributed by atoms with Gasteiger partial charge in [-0.2, -0.15) is 5.10 Å². The molecule has 0 radical (unpaired) electrons. The number of amides is 2. The first kappa shape index (κ1) is 18.3. The Hall–Kier alpha value is -2.48. The largest absolute Gasteiger partial charge is 0.348 e. The maximum Gasteiger partial charge on any atom is 0.259 e. The molecule has 3 rings (SSSR count). The van der Waals surface area contributed by atoms with Crippen LogP contribution in [-0.4, -0.2) is 87.9 Å². The lowest BCUT2D eigenvalue weighted by Crippen LogP contribution is -2.39. The van der Waals surface area contributed by atoms with Gasteiger partial charge in [-0.3, -0.25) is 14.5 Å². The van der Waals surface area contributed by atoms with Gasteiger partial charge in [0.1, 0.15) is 5.56 Å². The molecule has 2 aromatic heterocycles. The quantitative estimate of drug-likeness (QED) is 0.803. The summed E-state index contributed by atoms with van der Waals surface area (Å²) in [5, 5.41) is 4.32. The van der Waals surface area contributed by atoms with Crippen molar-refractivity contribution in [2.45, 2.75) is 20.3 Å². The molecule has 0 atom stereocenters.